The fourth-order valence-electron chi connectivity index (χ4n) is 1.48. The molecule has 1 fully saturated rings. The molecule has 0 bridgehead atoms. The Kier molecular flexibility index (Phi) is 11.7. The standard InChI is InChI=1S/C7H13N3O3.2Ac/c1-3-5(9-10-8)7(12)6(11)4(2)13-3;;/h3-7,11-12H,1-2H3;;/t3-,4?,5?,6?,7?;;/m0../s1. The Morgan fingerprint density at radius 1 is 1.13 bits per heavy atom. The molecular weight excluding hydrogens is 628 g/mol. The van der Waals surface area contributed by atoms with Crippen LogP contribution in [0, 0.1) is 88.1 Å². The van der Waals surface area contributed by atoms with Crippen molar-refractivity contribution in [3.05, 3.63) is 10.4 Å². The molecule has 2 N–H and O–H groups in total. The molecule has 1 rings (SSSR count). The first kappa shape index (κ1) is 19.4. The molecule has 2 radical (unpaired) electrons. The van der Waals surface area contributed by atoms with E-state index < -0.39 is 24.4 Å². The summed E-state index contributed by atoms with van der Waals surface area (Å²) >= 11 is 0. The van der Waals surface area contributed by atoms with E-state index in [0.29, 0.717) is 0 Å². The second kappa shape index (κ2) is 9.06. The molecule has 4 unspecified atom stereocenters. The number of aliphatic hydroxyl groups is 2. The van der Waals surface area contributed by atoms with E-state index >= 15 is 0 Å². The van der Waals surface area contributed by atoms with Gasteiger partial charge in [0.05, 0.1) is 24.4 Å². The minimum atomic E-state index is -1.05. The first-order valence-electron chi connectivity index (χ1n) is 4.13. The summed E-state index contributed by atoms with van der Waals surface area (Å²) < 4.78 is 5.26. The molecule has 6 nitrogen and oxygen atoms in total. The van der Waals surface area contributed by atoms with Gasteiger partial charge in [-0.25, -0.2) is 0 Å². The van der Waals surface area contributed by atoms with Crippen molar-refractivity contribution in [2.75, 3.05) is 0 Å². The second-order valence-electron chi connectivity index (χ2n) is 3.22. The van der Waals surface area contributed by atoms with Crippen molar-refractivity contribution in [2.45, 2.75) is 44.3 Å². The SMILES string of the molecule is CC1O[C@@H](C)C(N=[N+]=[N-])C(O)C1O.[Ac].[Ac]. The van der Waals surface area contributed by atoms with Crippen molar-refractivity contribution in [3.8, 4) is 0 Å². The third kappa shape index (κ3) is 5.06. The van der Waals surface area contributed by atoms with E-state index in [1.54, 1.807) is 13.8 Å². The van der Waals surface area contributed by atoms with Crippen molar-refractivity contribution < 1.29 is 103 Å². The molecule has 1 aliphatic heterocycles. The molecule has 8 heteroatoms. The predicted molar refractivity (Wildman–Crippen MR) is 45.0 cm³/mol. The molecule has 0 aliphatic carbocycles. The molecular formula is C7H13Ac2N3O3. The molecule has 80 valence electrons. The van der Waals surface area contributed by atoms with Crippen LogP contribution in [0.15, 0.2) is 5.11 Å². The van der Waals surface area contributed by atoms with Gasteiger partial charge >= 0.3 is 0 Å². The van der Waals surface area contributed by atoms with Crippen LogP contribution in [-0.4, -0.2) is 40.7 Å². The van der Waals surface area contributed by atoms with Crippen LogP contribution in [0.3, 0.4) is 0 Å². The summed E-state index contributed by atoms with van der Waals surface area (Å²) in [5, 5.41) is 22.3. The van der Waals surface area contributed by atoms with Crippen molar-refractivity contribution >= 4 is 0 Å². The minimum Gasteiger partial charge on any atom is -0.390 e. The van der Waals surface area contributed by atoms with Crippen molar-refractivity contribution in [1.82, 2.24) is 0 Å². The molecule has 0 spiro atoms. The van der Waals surface area contributed by atoms with Gasteiger partial charge in [0.15, 0.2) is 0 Å². The summed E-state index contributed by atoms with van der Waals surface area (Å²) in [5.41, 5.74) is 8.22. The average molecular weight is 641 g/mol. The zero-order valence-electron chi connectivity index (χ0n) is 8.69. The largest absolute Gasteiger partial charge is 0.390 e. The topological polar surface area (TPSA) is 98.5 Å². The van der Waals surface area contributed by atoms with Gasteiger partial charge < -0.3 is 14.9 Å². The van der Waals surface area contributed by atoms with Crippen molar-refractivity contribution in [1.29, 1.82) is 0 Å². The van der Waals surface area contributed by atoms with Crippen molar-refractivity contribution in [2.24, 2.45) is 5.11 Å². The molecule has 1 saturated heterocycles. The molecule has 0 aromatic carbocycles. The fourth-order valence-corrected chi connectivity index (χ4v) is 1.48. The Morgan fingerprint density at radius 2 is 1.67 bits per heavy atom. The van der Waals surface area contributed by atoms with Gasteiger partial charge in [-0.1, -0.05) is 5.11 Å². The number of azide groups is 1. The normalized spacial score (nSPS) is 39.3. The molecule has 5 atom stereocenters. The number of hydrogen-bond donors (Lipinski definition) is 2. The van der Waals surface area contributed by atoms with Crippen LogP contribution in [0.1, 0.15) is 13.8 Å². The fraction of sp³-hybridized carbons (Fsp3) is 1.00. The third-order valence-electron chi connectivity index (χ3n) is 2.28. The van der Waals surface area contributed by atoms with Gasteiger partial charge in [-0.3, -0.25) is 0 Å². The van der Waals surface area contributed by atoms with Crippen LogP contribution in [0.5, 0.6) is 0 Å². The first-order chi connectivity index (χ1) is 6.07. The van der Waals surface area contributed by atoms with Crippen LogP contribution in [0.4, 0.5) is 0 Å². The summed E-state index contributed by atoms with van der Waals surface area (Å²) in [4.78, 5) is 2.59. The summed E-state index contributed by atoms with van der Waals surface area (Å²) in [5.74, 6) is 0. The molecule has 0 amide bonds. The van der Waals surface area contributed by atoms with E-state index in [0.717, 1.165) is 0 Å². The zero-order chi connectivity index (χ0) is 10.0. The second-order valence-corrected chi connectivity index (χ2v) is 3.22. The van der Waals surface area contributed by atoms with Crippen LogP contribution in [-0.2, 0) is 4.74 Å². The van der Waals surface area contributed by atoms with Crippen LogP contribution >= 0.6 is 0 Å². The van der Waals surface area contributed by atoms with Gasteiger partial charge in [-0.2, -0.15) is 0 Å². The maximum atomic E-state index is 9.51. The molecule has 0 aromatic rings. The number of aliphatic hydroxyl groups excluding tert-OH is 2. The summed E-state index contributed by atoms with van der Waals surface area (Å²) in [6, 6.07) is -0.712. The van der Waals surface area contributed by atoms with Gasteiger partial charge in [0.25, 0.3) is 0 Å². The van der Waals surface area contributed by atoms with Gasteiger partial charge in [0.2, 0.25) is 0 Å². The smallest absolute Gasteiger partial charge is 0.106 e. The number of rotatable bonds is 1. The van der Waals surface area contributed by atoms with Crippen molar-refractivity contribution in [3.63, 3.8) is 0 Å². The van der Waals surface area contributed by atoms with E-state index in [4.69, 9.17) is 10.3 Å². The Hall–Kier alpha value is 2.07. The predicted octanol–water partition coefficient (Wildman–Crippen LogP) is 0.194. The van der Waals surface area contributed by atoms with E-state index in [-0.39, 0.29) is 94.2 Å². The maximum absolute atomic E-state index is 9.51. The van der Waals surface area contributed by atoms with E-state index in [1.165, 1.54) is 0 Å². The summed E-state index contributed by atoms with van der Waals surface area (Å²) in [6.07, 6.45) is -2.85. The molecule has 1 aliphatic rings. The molecule has 0 aromatic heterocycles. The Labute approximate surface area is 160 Å². The average Bonchev–Trinajstić information content (AvgIpc) is 2.09. The molecule has 1 heterocycles. The van der Waals surface area contributed by atoms with Crippen LogP contribution < -0.4 is 0 Å². The Balaban J connectivity index is 0. The van der Waals surface area contributed by atoms with E-state index in [9.17, 15) is 10.2 Å². The third-order valence-corrected chi connectivity index (χ3v) is 2.28. The Morgan fingerprint density at radius 3 is 2.13 bits per heavy atom. The van der Waals surface area contributed by atoms with Gasteiger partial charge in [0, 0.05) is 93.0 Å². The molecule has 0 saturated carbocycles. The van der Waals surface area contributed by atoms with Crippen LogP contribution in [0.25, 0.3) is 10.4 Å². The monoisotopic (exact) mass is 641 g/mol. The Bertz CT molecular complexity index is 238. The van der Waals surface area contributed by atoms with E-state index in [2.05, 4.69) is 10.0 Å². The van der Waals surface area contributed by atoms with Gasteiger partial charge in [0.1, 0.15) is 6.10 Å². The zero-order valence-corrected chi connectivity index (χ0v) is 18.2. The number of hydrogen-bond acceptors (Lipinski definition) is 4. The number of nitrogens with zero attached hydrogens (tertiary/aromatic N) is 3. The van der Waals surface area contributed by atoms with E-state index in [1.807, 2.05) is 0 Å². The molecule has 15 heavy (non-hydrogen) atoms. The minimum absolute atomic E-state index is 0. The maximum Gasteiger partial charge on any atom is 0.106 e. The van der Waals surface area contributed by atoms with Crippen LogP contribution in [0.2, 0.25) is 0 Å². The summed E-state index contributed by atoms with van der Waals surface area (Å²) in [7, 11) is 0. The summed E-state index contributed by atoms with van der Waals surface area (Å²) in [6.45, 7) is 3.36. The van der Waals surface area contributed by atoms with Gasteiger partial charge in [-0.05, 0) is 19.4 Å². The first-order valence-corrected chi connectivity index (χ1v) is 4.13. The van der Waals surface area contributed by atoms with Gasteiger partial charge in [-0.15, -0.1) is 0 Å². The quantitative estimate of drug-likeness (QED) is 0.243. The number of ether oxygens (including phenoxy) is 1.